The molecule has 130 valence electrons. The van der Waals surface area contributed by atoms with E-state index < -0.39 is 0 Å². The van der Waals surface area contributed by atoms with Crippen molar-refractivity contribution in [1.82, 2.24) is 9.61 Å². The van der Waals surface area contributed by atoms with Gasteiger partial charge in [-0.05, 0) is 35.9 Å². The van der Waals surface area contributed by atoms with Gasteiger partial charge in [0.05, 0.1) is 16.7 Å². The van der Waals surface area contributed by atoms with Crippen LogP contribution in [0.2, 0.25) is 0 Å². The van der Waals surface area contributed by atoms with Crippen molar-refractivity contribution in [1.29, 1.82) is 0 Å². The van der Waals surface area contributed by atoms with Crippen LogP contribution in [-0.2, 0) is 6.61 Å². The van der Waals surface area contributed by atoms with Gasteiger partial charge in [-0.15, -0.1) is 0 Å². The van der Waals surface area contributed by atoms with Gasteiger partial charge in [-0.25, -0.2) is 4.52 Å². The molecule has 3 nitrogen and oxygen atoms in total. The zero-order valence-electron chi connectivity index (χ0n) is 14.7. The smallest absolute Gasteiger partial charge is 0.120 e. The minimum atomic E-state index is 0.556. The van der Waals surface area contributed by atoms with Gasteiger partial charge in [0, 0.05) is 10.9 Å². The predicted octanol–water partition coefficient (Wildman–Crippen LogP) is 5.73. The fourth-order valence-electron chi connectivity index (χ4n) is 3.33. The Balaban J connectivity index is 1.48. The molecule has 2 heterocycles. The molecule has 0 unspecified atom stereocenters. The van der Waals surface area contributed by atoms with Crippen LogP contribution in [0.15, 0.2) is 97.1 Å². The number of nitrogens with zero attached hydrogens (tertiary/aromatic N) is 2. The highest BCUT2D eigenvalue weighted by molar-refractivity contribution is 5.83. The lowest BCUT2D eigenvalue weighted by atomic mass is 10.1. The third kappa shape index (κ3) is 3.04. The molecular formula is C24H18N2O. The lowest BCUT2D eigenvalue weighted by Crippen LogP contribution is -1.95. The summed E-state index contributed by atoms with van der Waals surface area (Å²) in [5, 5.41) is 6.01. The standard InChI is InChI=1S/C24H18N2O/c1-2-7-18(8-3-1)17-27-22-11-6-10-20(15-22)23-16-21-14-13-19-9-4-5-12-24(19)26(21)25-23/h1-16H,17H2. The summed E-state index contributed by atoms with van der Waals surface area (Å²) in [6.07, 6.45) is 0. The topological polar surface area (TPSA) is 26.5 Å². The van der Waals surface area contributed by atoms with Crippen LogP contribution in [0.25, 0.3) is 27.7 Å². The quantitative estimate of drug-likeness (QED) is 0.413. The average molecular weight is 350 g/mol. The summed E-state index contributed by atoms with van der Waals surface area (Å²) in [4.78, 5) is 0. The minimum absolute atomic E-state index is 0.556. The Morgan fingerprint density at radius 2 is 1.59 bits per heavy atom. The second-order valence-corrected chi connectivity index (χ2v) is 6.56. The molecule has 0 spiro atoms. The SMILES string of the molecule is c1ccc(COc2cccc(-c3cc4ccc5ccccc5n4n3)c2)cc1. The first-order chi connectivity index (χ1) is 13.4. The van der Waals surface area contributed by atoms with Crippen LogP contribution in [0.3, 0.4) is 0 Å². The normalized spacial score (nSPS) is 11.1. The molecule has 5 aromatic rings. The number of fused-ring (bicyclic) bond motifs is 3. The molecule has 0 aliphatic carbocycles. The van der Waals surface area contributed by atoms with Crippen molar-refractivity contribution in [2.24, 2.45) is 0 Å². The first-order valence-corrected chi connectivity index (χ1v) is 9.01. The maximum absolute atomic E-state index is 5.96. The van der Waals surface area contributed by atoms with Gasteiger partial charge in [-0.2, -0.15) is 5.10 Å². The molecule has 2 aromatic heterocycles. The van der Waals surface area contributed by atoms with Gasteiger partial charge >= 0.3 is 0 Å². The first kappa shape index (κ1) is 15.6. The molecule has 3 heteroatoms. The van der Waals surface area contributed by atoms with Crippen molar-refractivity contribution < 1.29 is 4.74 Å². The van der Waals surface area contributed by atoms with Crippen LogP contribution in [0.5, 0.6) is 5.75 Å². The number of rotatable bonds is 4. The van der Waals surface area contributed by atoms with Gasteiger partial charge in [0.1, 0.15) is 12.4 Å². The van der Waals surface area contributed by atoms with Crippen molar-refractivity contribution in [2.45, 2.75) is 6.61 Å². The molecule has 0 aliphatic rings. The van der Waals surface area contributed by atoms with Gasteiger partial charge in [0.2, 0.25) is 0 Å². The van der Waals surface area contributed by atoms with E-state index in [0.717, 1.165) is 33.6 Å². The van der Waals surface area contributed by atoms with E-state index in [9.17, 15) is 0 Å². The van der Waals surface area contributed by atoms with Crippen LogP contribution < -0.4 is 4.74 Å². The van der Waals surface area contributed by atoms with Gasteiger partial charge in [-0.1, -0.05) is 66.7 Å². The van der Waals surface area contributed by atoms with Crippen LogP contribution in [-0.4, -0.2) is 9.61 Å². The number of pyridine rings is 1. The highest BCUT2D eigenvalue weighted by Gasteiger charge is 2.08. The zero-order chi connectivity index (χ0) is 18.1. The molecule has 0 amide bonds. The fraction of sp³-hybridized carbons (Fsp3) is 0.0417. The summed E-state index contributed by atoms with van der Waals surface area (Å²) in [6.45, 7) is 0.556. The lowest BCUT2D eigenvalue weighted by molar-refractivity contribution is 0.306. The largest absolute Gasteiger partial charge is 0.489 e. The van der Waals surface area contributed by atoms with Crippen molar-refractivity contribution in [2.75, 3.05) is 0 Å². The fourth-order valence-corrected chi connectivity index (χ4v) is 3.33. The molecule has 27 heavy (non-hydrogen) atoms. The third-order valence-electron chi connectivity index (χ3n) is 4.71. The number of ether oxygens (including phenoxy) is 1. The summed E-state index contributed by atoms with van der Waals surface area (Å²) >= 11 is 0. The number of benzene rings is 3. The lowest BCUT2D eigenvalue weighted by Gasteiger charge is -2.07. The molecule has 0 N–H and O–H groups in total. The average Bonchev–Trinajstić information content (AvgIpc) is 3.18. The summed E-state index contributed by atoms with van der Waals surface area (Å²) in [5.74, 6) is 0.846. The van der Waals surface area contributed by atoms with E-state index in [2.05, 4.69) is 48.5 Å². The highest BCUT2D eigenvalue weighted by Crippen LogP contribution is 2.26. The molecule has 0 atom stereocenters. The van der Waals surface area contributed by atoms with Crippen LogP contribution in [0, 0.1) is 0 Å². The van der Waals surface area contributed by atoms with Crippen LogP contribution in [0.1, 0.15) is 5.56 Å². The van der Waals surface area contributed by atoms with Gasteiger partial charge in [0.15, 0.2) is 0 Å². The zero-order valence-corrected chi connectivity index (χ0v) is 14.7. The van der Waals surface area contributed by atoms with E-state index in [1.165, 1.54) is 5.39 Å². The number of hydrogen-bond acceptors (Lipinski definition) is 2. The number of aromatic nitrogens is 2. The predicted molar refractivity (Wildman–Crippen MR) is 109 cm³/mol. The number of para-hydroxylation sites is 1. The maximum Gasteiger partial charge on any atom is 0.120 e. The first-order valence-electron chi connectivity index (χ1n) is 9.01. The van der Waals surface area contributed by atoms with E-state index >= 15 is 0 Å². The molecule has 3 aromatic carbocycles. The van der Waals surface area contributed by atoms with E-state index in [1.54, 1.807) is 0 Å². The molecule has 0 bridgehead atoms. The summed E-state index contributed by atoms with van der Waals surface area (Å²) in [7, 11) is 0. The monoisotopic (exact) mass is 350 g/mol. The van der Waals surface area contributed by atoms with Crippen molar-refractivity contribution >= 4 is 16.4 Å². The molecular weight excluding hydrogens is 332 g/mol. The molecule has 0 saturated carbocycles. The van der Waals surface area contributed by atoms with Crippen LogP contribution >= 0.6 is 0 Å². The van der Waals surface area contributed by atoms with E-state index in [1.807, 2.05) is 53.0 Å². The van der Waals surface area contributed by atoms with E-state index in [0.29, 0.717) is 6.61 Å². The number of hydrogen-bond donors (Lipinski definition) is 0. The van der Waals surface area contributed by atoms with Gasteiger partial charge in [0.25, 0.3) is 0 Å². The summed E-state index contributed by atoms with van der Waals surface area (Å²) in [5.41, 5.74) is 5.34. The molecule has 0 fully saturated rings. The Morgan fingerprint density at radius 1 is 0.741 bits per heavy atom. The Bertz CT molecular complexity index is 1230. The minimum Gasteiger partial charge on any atom is -0.489 e. The van der Waals surface area contributed by atoms with Crippen molar-refractivity contribution in [3.8, 4) is 17.0 Å². The van der Waals surface area contributed by atoms with Crippen LogP contribution in [0.4, 0.5) is 0 Å². The maximum atomic E-state index is 5.96. The van der Waals surface area contributed by atoms with Gasteiger partial charge < -0.3 is 4.74 Å². The van der Waals surface area contributed by atoms with Crippen molar-refractivity contribution in [3.63, 3.8) is 0 Å². The summed E-state index contributed by atoms with van der Waals surface area (Å²) < 4.78 is 7.97. The summed E-state index contributed by atoms with van der Waals surface area (Å²) in [6, 6.07) is 33.0. The van der Waals surface area contributed by atoms with Gasteiger partial charge in [-0.3, -0.25) is 0 Å². The highest BCUT2D eigenvalue weighted by atomic mass is 16.5. The second kappa shape index (κ2) is 6.61. The van der Waals surface area contributed by atoms with E-state index in [4.69, 9.17) is 9.84 Å². The second-order valence-electron chi connectivity index (χ2n) is 6.56. The Kier molecular flexibility index (Phi) is 3.83. The molecule has 0 saturated heterocycles. The molecule has 5 rings (SSSR count). The molecule has 0 radical (unpaired) electrons. The third-order valence-corrected chi connectivity index (χ3v) is 4.71. The van der Waals surface area contributed by atoms with E-state index in [-0.39, 0.29) is 0 Å². The van der Waals surface area contributed by atoms with Crippen molar-refractivity contribution in [3.05, 3.63) is 103 Å². The Morgan fingerprint density at radius 3 is 2.52 bits per heavy atom. The Hall–Kier alpha value is -3.59. The molecule has 0 aliphatic heterocycles. The Labute approximate surface area is 157 Å².